The summed E-state index contributed by atoms with van der Waals surface area (Å²) in [4.78, 5) is 25.7. The fraction of sp³-hybridized carbons (Fsp3) is 0.609. The summed E-state index contributed by atoms with van der Waals surface area (Å²) in [5, 5.41) is 5.69. The first kappa shape index (κ1) is 27.3. The molecule has 0 saturated carbocycles. The maximum Gasteiger partial charge on any atom is 0.437 e. The minimum absolute atomic E-state index is 0.0688. The average molecular weight is 488 g/mol. The normalized spacial score (nSPS) is 13.0. The Morgan fingerprint density at radius 2 is 1.91 bits per heavy atom. The van der Waals surface area contributed by atoms with Crippen LogP contribution in [0.1, 0.15) is 58.7 Å². The van der Waals surface area contributed by atoms with E-state index < -0.39 is 35.5 Å². The SMILES string of the molecule is CCCc1c(OCCCN(C)C(=O)N[C@@H](C)C(=O)OC(C)(C)C)ccc2c(C(F)(F)F)noc12. The third-order valence-electron chi connectivity index (χ3n) is 4.81. The molecule has 190 valence electrons. The lowest BCUT2D eigenvalue weighted by molar-refractivity contribution is -0.156. The average Bonchev–Trinajstić information content (AvgIpc) is 3.15. The van der Waals surface area contributed by atoms with E-state index in [0.29, 0.717) is 37.1 Å². The van der Waals surface area contributed by atoms with Crippen LogP contribution in [0, 0.1) is 0 Å². The zero-order chi connectivity index (χ0) is 25.7. The molecule has 2 rings (SSSR count). The number of nitrogens with one attached hydrogen (secondary N) is 1. The lowest BCUT2D eigenvalue weighted by Gasteiger charge is -2.24. The number of esters is 1. The zero-order valence-electron chi connectivity index (χ0n) is 20.3. The number of carbonyl (C=O) groups is 2. The highest BCUT2D eigenvalue weighted by Gasteiger charge is 2.37. The van der Waals surface area contributed by atoms with Gasteiger partial charge in [-0.15, -0.1) is 0 Å². The van der Waals surface area contributed by atoms with Gasteiger partial charge in [-0.05, 0) is 52.7 Å². The molecule has 0 bridgehead atoms. The van der Waals surface area contributed by atoms with Gasteiger partial charge in [0.25, 0.3) is 0 Å². The first-order valence-electron chi connectivity index (χ1n) is 11.1. The Morgan fingerprint density at radius 1 is 1.24 bits per heavy atom. The van der Waals surface area contributed by atoms with Gasteiger partial charge in [0.15, 0.2) is 11.3 Å². The summed E-state index contributed by atoms with van der Waals surface area (Å²) in [6.45, 7) is 9.23. The van der Waals surface area contributed by atoms with Crippen LogP contribution in [0.4, 0.5) is 18.0 Å². The molecule has 0 aliphatic rings. The van der Waals surface area contributed by atoms with E-state index in [0.717, 1.165) is 0 Å². The van der Waals surface area contributed by atoms with E-state index in [4.69, 9.17) is 14.0 Å². The zero-order valence-corrected chi connectivity index (χ0v) is 20.3. The second-order valence-corrected chi connectivity index (χ2v) is 9.03. The topological polar surface area (TPSA) is 93.9 Å². The Bertz CT molecular complexity index is 998. The first-order valence-corrected chi connectivity index (χ1v) is 11.1. The largest absolute Gasteiger partial charge is 0.493 e. The highest BCUT2D eigenvalue weighted by molar-refractivity contribution is 5.85. The van der Waals surface area contributed by atoms with E-state index in [9.17, 15) is 22.8 Å². The van der Waals surface area contributed by atoms with E-state index in [1.165, 1.54) is 17.0 Å². The Hall–Kier alpha value is -2.98. The second-order valence-electron chi connectivity index (χ2n) is 9.03. The lowest BCUT2D eigenvalue weighted by atomic mass is 10.0. The third kappa shape index (κ3) is 7.26. The highest BCUT2D eigenvalue weighted by atomic mass is 19.4. The molecule has 2 aromatic rings. The van der Waals surface area contributed by atoms with Crippen molar-refractivity contribution in [1.29, 1.82) is 0 Å². The highest BCUT2D eigenvalue weighted by Crippen LogP contribution is 2.38. The van der Waals surface area contributed by atoms with Crippen LogP contribution in [0.3, 0.4) is 0 Å². The van der Waals surface area contributed by atoms with Crippen LogP contribution in [0.25, 0.3) is 11.0 Å². The number of nitrogens with zero attached hydrogens (tertiary/aromatic N) is 2. The van der Waals surface area contributed by atoms with E-state index in [2.05, 4.69) is 10.5 Å². The van der Waals surface area contributed by atoms with Gasteiger partial charge in [-0.2, -0.15) is 13.2 Å². The number of aromatic nitrogens is 1. The van der Waals surface area contributed by atoms with Crippen molar-refractivity contribution >= 4 is 23.0 Å². The molecular weight excluding hydrogens is 455 g/mol. The molecule has 11 heteroatoms. The molecular formula is C23H32F3N3O5. The number of amides is 2. The van der Waals surface area contributed by atoms with Gasteiger partial charge < -0.3 is 24.2 Å². The van der Waals surface area contributed by atoms with Gasteiger partial charge in [-0.3, -0.25) is 0 Å². The maximum atomic E-state index is 13.1. The number of benzene rings is 1. The molecule has 0 unspecified atom stereocenters. The number of alkyl halides is 3. The number of hydrogen-bond acceptors (Lipinski definition) is 6. The van der Waals surface area contributed by atoms with Crippen molar-refractivity contribution in [1.82, 2.24) is 15.4 Å². The quantitative estimate of drug-likeness (QED) is 0.398. The monoisotopic (exact) mass is 487 g/mol. The molecule has 1 aromatic heterocycles. The van der Waals surface area contributed by atoms with Gasteiger partial charge in [-0.25, -0.2) is 9.59 Å². The van der Waals surface area contributed by atoms with Gasteiger partial charge in [0.1, 0.15) is 17.4 Å². The molecule has 0 saturated heterocycles. The van der Waals surface area contributed by atoms with Gasteiger partial charge in [0.2, 0.25) is 0 Å². The van der Waals surface area contributed by atoms with Crippen molar-refractivity contribution in [3.05, 3.63) is 23.4 Å². The molecule has 0 spiro atoms. The fourth-order valence-electron chi connectivity index (χ4n) is 3.20. The number of urea groups is 1. The predicted octanol–water partition coefficient (Wildman–Crippen LogP) is 4.94. The van der Waals surface area contributed by atoms with Crippen molar-refractivity contribution in [2.24, 2.45) is 0 Å². The molecule has 0 fully saturated rings. The van der Waals surface area contributed by atoms with Crippen LogP contribution >= 0.6 is 0 Å². The van der Waals surface area contributed by atoms with E-state index in [1.807, 2.05) is 6.92 Å². The molecule has 0 aliphatic carbocycles. The van der Waals surface area contributed by atoms with Crippen molar-refractivity contribution in [2.75, 3.05) is 20.2 Å². The Labute approximate surface area is 196 Å². The maximum absolute atomic E-state index is 13.1. The van der Waals surface area contributed by atoms with Gasteiger partial charge in [0, 0.05) is 19.2 Å². The summed E-state index contributed by atoms with van der Waals surface area (Å²) in [7, 11) is 1.58. The third-order valence-corrected chi connectivity index (χ3v) is 4.81. The van der Waals surface area contributed by atoms with Crippen LogP contribution in [-0.4, -0.2) is 53.9 Å². The van der Waals surface area contributed by atoms with Gasteiger partial charge in [0.05, 0.1) is 12.0 Å². The molecule has 0 aliphatic heterocycles. The first-order chi connectivity index (χ1) is 15.7. The Balaban J connectivity index is 1.94. The smallest absolute Gasteiger partial charge is 0.437 e. The molecule has 1 N–H and O–H groups in total. The molecule has 1 aromatic carbocycles. The van der Waals surface area contributed by atoms with E-state index in [1.54, 1.807) is 34.7 Å². The van der Waals surface area contributed by atoms with Crippen molar-refractivity contribution < 1.29 is 36.8 Å². The van der Waals surface area contributed by atoms with Gasteiger partial charge >= 0.3 is 18.2 Å². The summed E-state index contributed by atoms with van der Waals surface area (Å²) >= 11 is 0. The van der Waals surface area contributed by atoms with Crippen LogP contribution in [-0.2, 0) is 22.1 Å². The predicted molar refractivity (Wildman–Crippen MR) is 120 cm³/mol. The van der Waals surface area contributed by atoms with Crippen molar-refractivity contribution in [3.8, 4) is 5.75 Å². The second kappa shape index (κ2) is 11.0. The number of hydrogen-bond donors (Lipinski definition) is 1. The summed E-state index contributed by atoms with van der Waals surface area (Å²) in [6, 6.07) is 1.53. The van der Waals surface area contributed by atoms with Gasteiger partial charge in [-0.1, -0.05) is 18.5 Å². The lowest BCUT2D eigenvalue weighted by Crippen LogP contribution is -2.47. The number of halogens is 3. The molecule has 8 nitrogen and oxygen atoms in total. The molecule has 0 radical (unpaired) electrons. The fourth-order valence-corrected chi connectivity index (χ4v) is 3.20. The Morgan fingerprint density at radius 3 is 2.50 bits per heavy atom. The van der Waals surface area contributed by atoms with Crippen molar-refractivity contribution in [3.63, 3.8) is 0 Å². The number of ether oxygens (including phenoxy) is 2. The van der Waals surface area contributed by atoms with Crippen LogP contribution in [0.2, 0.25) is 0 Å². The number of rotatable bonds is 9. The molecule has 2 amide bonds. The summed E-state index contributed by atoms with van der Waals surface area (Å²) in [6.07, 6.45) is -3.01. The minimum Gasteiger partial charge on any atom is -0.493 e. The van der Waals surface area contributed by atoms with Crippen LogP contribution in [0.5, 0.6) is 5.75 Å². The van der Waals surface area contributed by atoms with E-state index in [-0.39, 0.29) is 17.6 Å². The Kier molecular flexibility index (Phi) is 8.79. The van der Waals surface area contributed by atoms with Crippen LogP contribution in [0.15, 0.2) is 16.7 Å². The summed E-state index contributed by atoms with van der Waals surface area (Å²) in [5.41, 5.74) is -1.11. The molecule has 1 atom stereocenters. The summed E-state index contributed by atoms with van der Waals surface area (Å²) < 4.78 is 55.5. The number of aryl methyl sites for hydroxylation is 1. The van der Waals surface area contributed by atoms with E-state index >= 15 is 0 Å². The van der Waals surface area contributed by atoms with Crippen LogP contribution < -0.4 is 10.1 Å². The molecule has 34 heavy (non-hydrogen) atoms. The standard InChI is InChI=1S/C23H32F3N3O5/c1-7-9-15-17(11-10-16-18(15)34-28-19(16)23(24,25)26)32-13-8-12-29(6)21(31)27-14(2)20(30)33-22(3,4)5/h10-11,14H,7-9,12-13H2,1-6H3,(H,27,31)/t14-/m0/s1. The van der Waals surface area contributed by atoms with Crippen molar-refractivity contribution in [2.45, 2.75) is 71.7 Å². The number of fused-ring (bicyclic) bond motifs is 1. The number of carbonyl (C=O) groups excluding carboxylic acids is 2. The molecule has 1 heterocycles. The minimum atomic E-state index is -4.61. The summed E-state index contributed by atoms with van der Waals surface area (Å²) in [5.74, 6) is -0.109.